The first-order chi connectivity index (χ1) is 11.6. The number of hydrogen-bond donors (Lipinski definition) is 1. The van der Waals surface area contributed by atoms with Gasteiger partial charge in [0.15, 0.2) is 0 Å². The van der Waals surface area contributed by atoms with Crippen LogP contribution in [0.25, 0.3) is 0 Å². The zero-order chi connectivity index (χ0) is 17.5. The summed E-state index contributed by atoms with van der Waals surface area (Å²) in [4.78, 5) is 38.0. The number of para-hydroxylation sites is 1. The fourth-order valence-corrected chi connectivity index (χ4v) is 2.63. The fourth-order valence-electron chi connectivity index (χ4n) is 2.63. The molecule has 2 amide bonds. The minimum atomic E-state index is -0.478. The maximum atomic E-state index is 12.3. The van der Waals surface area contributed by atoms with Crippen LogP contribution < -0.4 is 10.2 Å². The smallest absolute Gasteiger partial charge is 0.340 e. The van der Waals surface area contributed by atoms with E-state index in [9.17, 15) is 14.4 Å². The molecule has 0 spiro atoms. The number of esters is 1. The SMILES string of the molecule is CCOC(=O)c1ccccc1N1CC(C(=O)NCCOC)CC1=O. The molecule has 7 nitrogen and oxygen atoms in total. The van der Waals surface area contributed by atoms with E-state index in [-0.39, 0.29) is 31.4 Å². The van der Waals surface area contributed by atoms with Crippen molar-refractivity contribution in [3.63, 3.8) is 0 Å². The first-order valence-corrected chi connectivity index (χ1v) is 7.91. The second-order valence-corrected chi connectivity index (χ2v) is 5.43. The zero-order valence-electron chi connectivity index (χ0n) is 13.9. The Morgan fingerprint density at radius 1 is 1.33 bits per heavy atom. The van der Waals surface area contributed by atoms with Crippen LogP contribution in [0.3, 0.4) is 0 Å². The van der Waals surface area contributed by atoms with Crippen molar-refractivity contribution < 1.29 is 23.9 Å². The summed E-state index contributed by atoms with van der Waals surface area (Å²) in [5.74, 6) is -1.28. The molecule has 1 unspecified atom stereocenters. The second-order valence-electron chi connectivity index (χ2n) is 5.43. The van der Waals surface area contributed by atoms with Gasteiger partial charge in [-0.15, -0.1) is 0 Å². The third-order valence-electron chi connectivity index (χ3n) is 3.79. The lowest BCUT2D eigenvalue weighted by Crippen LogP contribution is -2.35. The Hall–Kier alpha value is -2.41. The highest BCUT2D eigenvalue weighted by Crippen LogP contribution is 2.28. The molecule has 0 saturated carbocycles. The lowest BCUT2D eigenvalue weighted by atomic mass is 10.1. The van der Waals surface area contributed by atoms with Gasteiger partial charge in [0.2, 0.25) is 11.8 Å². The van der Waals surface area contributed by atoms with Gasteiger partial charge >= 0.3 is 5.97 Å². The highest BCUT2D eigenvalue weighted by atomic mass is 16.5. The van der Waals surface area contributed by atoms with Crippen molar-refractivity contribution in [3.8, 4) is 0 Å². The van der Waals surface area contributed by atoms with Crippen LogP contribution in [-0.4, -0.2) is 51.2 Å². The fraction of sp³-hybridized carbons (Fsp3) is 0.471. The number of amides is 2. The Balaban J connectivity index is 2.12. The van der Waals surface area contributed by atoms with Gasteiger partial charge in [0.25, 0.3) is 0 Å². The zero-order valence-corrected chi connectivity index (χ0v) is 13.9. The van der Waals surface area contributed by atoms with Gasteiger partial charge < -0.3 is 19.7 Å². The topological polar surface area (TPSA) is 84.9 Å². The second kappa shape index (κ2) is 8.44. The number of rotatable bonds is 7. The van der Waals surface area contributed by atoms with E-state index < -0.39 is 11.9 Å². The van der Waals surface area contributed by atoms with E-state index in [4.69, 9.17) is 9.47 Å². The monoisotopic (exact) mass is 334 g/mol. The molecule has 0 radical (unpaired) electrons. The summed E-state index contributed by atoms with van der Waals surface area (Å²) in [6.45, 7) is 3.04. The molecular weight excluding hydrogens is 312 g/mol. The van der Waals surface area contributed by atoms with E-state index in [1.807, 2.05) is 0 Å². The molecule has 24 heavy (non-hydrogen) atoms. The van der Waals surface area contributed by atoms with Crippen molar-refractivity contribution in [2.75, 3.05) is 38.3 Å². The van der Waals surface area contributed by atoms with Gasteiger partial charge in [0, 0.05) is 26.6 Å². The number of methoxy groups -OCH3 is 1. The summed E-state index contributed by atoms with van der Waals surface area (Å²) >= 11 is 0. The van der Waals surface area contributed by atoms with Crippen molar-refractivity contribution in [1.82, 2.24) is 5.32 Å². The van der Waals surface area contributed by atoms with Crippen molar-refractivity contribution >= 4 is 23.5 Å². The Morgan fingerprint density at radius 3 is 2.79 bits per heavy atom. The third kappa shape index (κ3) is 4.11. The van der Waals surface area contributed by atoms with Crippen LogP contribution in [0.5, 0.6) is 0 Å². The van der Waals surface area contributed by atoms with Gasteiger partial charge in [-0.2, -0.15) is 0 Å². The molecule has 2 rings (SSSR count). The van der Waals surface area contributed by atoms with Crippen LogP contribution in [0.1, 0.15) is 23.7 Å². The van der Waals surface area contributed by atoms with E-state index >= 15 is 0 Å². The largest absolute Gasteiger partial charge is 0.462 e. The van der Waals surface area contributed by atoms with Crippen LogP contribution in [0.15, 0.2) is 24.3 Å². The molecule has 1 fully saturated rings. The van der Waals surface area contributed by atoms with Gasteiger partial charge in [0.1, 0.15) is 0 Å². The highest BCUT2D eigenvalue weighted by molar-refractivity contribution is 6.05. The Labute approximate surface area is 140 Å². The molecule has 1 atom stereocenters. The van der Waals surface area contributed by atoms with Crippen molar-refractivity contribution in [2.24, 2.45) is 5.92 Å². The third-order valence-corrected chi connectivity index (χ3v) is 3.79. The number of benzene rings is 1. The number of nitrogens with one attached hydrogen (secondary N) is 1. The van der Waals surface area contributed by atoms with Gasteiger partial charge in [-0.25, -0.2) is 4.79 Å². The van der Waals surface area contributed by atoms with E-state index in [1.165, 1.54) is 4.90 Å². The molecule has 0 aromatic heterocycles. The van der Waals surface area contributed by atoms with E-state index in [2.05, 4.69) is 5.32 Å². The Bertz CT molecular complexity index is 617. The summed E-state index contributed by atoms with van der Waals surface area (Å²) in [6, 6.07) is 6.77. The molecule has 130 valence electrons. The lowest BCUT2D eigenvalue weighted by Gasteiger charge is -2.19. The van der Waals surface area contributed by atoms with Crippen LogP contribution in [-0.2, 0) is 19.1 Å². The summed E-state index contributed by atoms with van der Waals surface area (Å²) in [5, 5.41) is 2.74. The van der Waals surface area contributed by atoms with Crippen LogP contribution >= 0.6 is 0 Å². The molecule has 1 aromatic rings. The standard InChI is InChI=1S/C17H22N2O5/c1-3-24-17(22)13-6-4-5-7-14(13)19-11-12(10-15(19)20)16(21)18-8-9-23-2/h4-7,12H,3,8-11H2,1-2H3,(H,18,21). The minimum absolute atomic E-state index is 0.121. The molecule has 1 heterocycles. The number of ether oxygens (including phenoxy) is 2. The minimum Gasteiger partial charge on any atom is -0.462 e. The molecule has 0 bridgehead atoms. The molecule has 0 aliphatic carbocycles. The van der Waals surface area contributed by atoms with Crippen molar-refractivity contribution in [2.45, 2.75) is 13.3 Å². The van der Waals surface area contributed by atoms with Crippen molar-refractivity contribution in [1.29, 1.82) is 0 Å². The summed E-state index contributed by atoms with van der Waals surface area (Å²) < 4.78 is 9.92. The van der Waals surface area contributed by atoms with E-state index in [0.29, 0.717) is 24.4 Å². The quantitative estimate of drug-likeness (QED) is 0.593. The maximum Gasteiger partial charge on any atom is 0.340 e. The van der Waals surface area contributed by atoms with Crippen LogP contribution in [0, 0.1) is 5.92 Å². The van der Waals surface area contributed by atoms with Gasteiger partial charge in [-0.05, 0) is 19.1 Å². The first kappa shape index (κ1) is 17.9. The first-order valence-electron chi connectivity index (χ1n) is 7.91. The van der Waals surface area contributed by atoms with Crippen molar-refractivity contribution in [3.05, 3.63) is 29.8 Å². The average molecular weight is 334 g/mol. The summed E-state index contributed by atoms with van der Waals surface area (Å²) in [6.07, 6.45) is 0.121. The van der Waals surface area contributed by atoms with E-state index in [0.717, 1.165) is 0 Å². The van der Waals surface area contributed by atoms with Crippen LogP contribution in [0.4, 0.5) is 5.69 Å². The molecule has 7 heteroatoms. The number of carbonyl (C=O) groups excluding carboxylic acids is 3. The molecule has 1 N–H and O–H groups in total. The highest BCUT2D eigenvalue weighted by Gasteiger charge is 2.36. The molecular formula is C17H22N2O5. The summed E-state index contributed by atoms with van der Waals surface area (Å²) in [5.41, 5.74) is 0.807. The normalized spacial score (nSPS) is 17.0. The predicted octanol–water partition coefficient (Wildman–Crippen LogP) is 0.979. The predicted molar refractivity (Wildman–Crippen MR) is 87.7 cm³/mol. The summed E-state index contributed by atoms with van der Waals surface area (Å²) in [7, 11) is 1.55. The molecule has 1 saturated heterocycles. The van der Waals surface area contributed by atoms with E-state index in [1.54, 1.807) is 38.3 Å². The van der Waals surface area contributed by atoms with Gasteiger partial charge in [0.05, 0.1) is 30.4 Å². The molecule has 1 aliphatic heterocycles. The number of anilines is 1. The maximum absolute atomic E-state index is 12.3. The average Bonchev–Trinajstić information content (AvgIpc) is 2.97. The molecule has 1 aromatic carbocycles. The lowest BCUT2D eigenvalue weighted by molar-refractivity contribution is -0.126. The van der Waals surface area contributed by atoms with Gasteiger partial charge in [-0.3, -0.25) is 9.59 Å². The Kier molecular flexibility index (Phi) is 6.31. The molecule has 1 aliphatic rings. The van der Waals surface area contributed by atoms with Crippen LogP contribution in [0.2, 0.25) is 0 Å². The number of nitrogens with zero attached hydrogens (tertiary/aromatic N) is 1. The number of hydrogen-bond acceptors (Lipinski definition) is 5. The Morgan fingerprint density at radius 2 is 2.08 bits per heavy atom. The number of carbonyl (C=O) groups is 3. The van der Waals surface area contributed by atoms with Gasteiger partial charge in [-0.1, -0.05) is 12.1 Å².